The van der Waals surface area contributed by atoms with Crippen molar-refractivity contribution in [3.63, 3.8) is 0 Å². The predicted octanol–water partition coefficient (Wildman–Crippen LogP) is 3.35. The minimum Gasteiger partial charge on any atom is -0.338 e. The summed E-state index contributed by atoms with van der Waals surface area (Å²) in [7, 11) is 0. The first-order valence-corrected chi connectivity index (χ1v) is 7.53. The number of hydrogen-bond acceptors (Lipinski definition) is 2. The van der Waals surface area contributed by atoms with Crippen molar-refractivity contribution >= 4 is 5.91 Å². The second-order valence-electron chi connectivity index (χ2n) is 5.90. The fraction of sp³-hybridized carbons (Fsp3) is 0.529. The first-order valence-electron chi connectivity index (χ1n) is 7.53. The molecule has 0 spiro atoms. The second-order valence-corrected chi connectivity index (χ2v) is 5.90. The molecule has 0 aromatic heterocycles. The first kappa shape index (κ1) is 15.5. The van der Waals surface area contributed by atoms with Crippen molar-refractivity contribution in [3.05, 3.63) is 35.6 Å². The molecule has 0 aliphatic heterocycles. The van der Waals surface area contributed by atoms with Gasteiger partial charge in [-0.1, -0.05) is 25.5 Å². The van der Waals surface area contributed by atoms with Gasteiger partial charge in [-0.05, 0) is 49.3 Å². The molecule has 1 amide bonds. The van der Waals surface area contributed by atoms with Crippen LogP contribution in [-0.4, -0.2) is 11.4 Å². The zero-order valence-corrected chi connectivity index (χ0v) is 12.4. The van der Waals surface area contributed by atoms with E-state index >= 15 is 0 Å². The fourth-order valence-corrected chi connectivity index (χ4v) is 2.99. The number of carbonyl (C=O) groups is 1. The Hall–Kier alpha value is -1.89. The number of hydrogen-bond donors (Lipinski definition) is 1. The predicted molar refractivity (Wildman–Crippen MR) is 78.8 cm³/mol. The van der Waals surface area contributed by atoms with Gasteiger partial charge in [-0.15, -0.1) is 0 Å². The molecule has 1 aliphatic carbocycles. The van der Waals surface area contributed by atoms with Crippen molar-refractivity contribution in [1.82, 2.24) is 5.32 Å². The van der Waals surface area contributed by atoms with E-state index in [4.69, 9.17) is 0 Å². The van der Waals surface area contributed by atoms with Crippen LogP contribution in [0.1, 0.15) is 44.6 Å². The quantitative estimate of drug-likeness (QED) is 0.923. The van der Waals surface area contributed by atoms with Gasteiger partial charge < -0.3 is 5.32 Å². The highest BCUT2D eigenvalue weighted by atomic mass is 19.1. The summed E-state index contributed by atoms with van der Waals surface area (Å²) in [6.07, 6.45) is 4.60. The third-order valence-electron chi connectivity index (χ3n) is 4.38. The van der Waals surface area contributed by atoms with Gasteiger partial charge in [-0.2, -0.15) is 5.26 Å². The highest BCUT2D eigenvalue weighted by Crippen LogP contribution is 2.33. The summed E-state index contributed by atoms with van der Waals surface area (Å²) in [6.45, 7) is 2.16. The van der Waals surface area contributed by atoms with Crippen LogP contribution >= 0.6 is 0 Å². The molecule has 0 unspecified atom stereocenters. The number of nitrogens with zero attached hydrogens (tertiary/aromatic N) is 1. The SMILES string of the molecule is CCC1CCC(C#N)(NC(=O)Cc2cccc(F)c2)CC1. The number of nitrogens with one attached hydrogen (secondary N) is 1. The van der Waals surface area contributed by atoms with Crippen LogP contribution < -0.4 is 5.32 Å². The van der Waals surface area contributed by atoms with Gasteiger partial charge in [-0.25, -0.2) is 4.39 Å². The summed E-state index contributed by atoms with van der Waals surface area (Å²) in [5.41, 5.74) is -0.112. The lowest BCUT2D eigenvalue weighted by Crippen LogP contribution is -2.50. The van der Waals surface area contributed by atoms with E-state index in [-0.39, 0.29) is 18.1 Å². The minimum atomic E-state index is -0.740. The first-order chi connectivity index (χ1) is 10.1. The monoisotopic (exact) mass is 288 g/mol. The zero-order chi connectivity index (χ0) is 15.3. The van der Waals surface area contributed by atoms with E-state index in [2.05, 4.69) is 18.3 Å². The van der Waals surface area contributed by atoms with Crippen molar-refractivity contribution in [2.24, 2.45) is 5.92 Å². The Bertz CT molecular complexity index is 542. The van der Waals surface area contributed by atoms with Crippen molar-refractivity contribution in [3.8, 4) is 6.07 Å². The molecule has 1 fully saturated rings. The average Bonchev–Trinajstić information content (AvgIpc) is 2.48. The van der Waals surface area contributed by atoms with E-state index < -0.39 is 5.54 Å². The van der Waals surface area contributed by atoms with Gasteiger partial charge in [-0.3, -0.25) is 4.79 Å². The Morgan fingerprint density at radius 3 is 2.76 bits per heavy atom. The normalized spacial score (nSPS) is 25.1. The minimum absolute atomic E-state index is 0.110. The average molecular weight is 288 g/mol. The number of rotatable bonds is 4. The molecule has 0 bridgehead atoms. The van der Waals surface area contributed by atoms with E-state index in [9.17, 15) is 14.4 Å². The number of carbonyl (C=O) groups excluding carboxylic acids is 1. The lowest BCUT2D eigenvalue weighted by atomic mass is 9.76. The van der Waals surface area contributed by atoms with E-state index in [0.29, 0.717) is 24.3 Å². The van der Waals surface area contributed by atoms with Crippen LogP contribution in [0, 0.1) is 23.1 Å². The van der Waals surface area contributed by atoms with Gasteiger partial charge in [0.2, 0.25) is 5.91 Å². The van der Waals surface area contributed by atoms with Crippen LogP contribution in [0.4, 0.5) is 4.39 Å². The second kappa shape index (κ2) is 6.71. The third kappa shape index (κ3) is 4.04. The lowest BCUT2D eigenvalue weighted by Gasteiger charge is -2.35. The van der Waals surface area contributed by atoms with Gasteiger partial charge in [0.15, 0.2) is 0 Å². The van der Waals surface area contributed by atoms with E-state index in [1.165, 1.54) is 12.1 Å². The van der Waals surface area contributed by atoms with Gasteiger partial charge >= 0.3 is 0 Å². The maximum Gasteiger partial charge on any atom is 0.225 e. The zero-order valence-electron chi connectivity index (χ0n) is 12.4. The summed E-state index contributed by atoms with van der Waals surface area (Å²) in [5, 5.41) is 12.3. The van der Waals surface area contributed by atoms with Crippen molar-refractivity contribution in [1.29, 1.82) is 5.26 Å². The number of nitriles is 1. The molecule has 0 heterocycles. The summed E-state index contributed by atoms with van der Waals surface area (Å²) >= 11 is 0. The van der Waals surface area contributed by atoms with Crippen molar-refractivity contribution < 1.29 is 9.18 Å². The Morgan fingerprint density at radius 1 is 1.48 bits per heavy atom. The molecule has 112 valence electrons. The molecule has 1 aromatic rings. The highest BCUT2D eigenvalue weighted by Gasteiger charge is 2.36. The van der Waals surface area contributed by atoms with E-state index in [1.54, 1.807) is 12.1 Å². The maximum absolute atomic E-state index is 13.1. The van der Waals surface area contributed by atoms with Crippen LogP contribution in [0.25, 0.3) is 0 Å². The van der Waals surface area contributed by atoms with Gasteiger partial charge in [0.25, 0.3) is 0 Å². The molecule has 21 heavy (non-hydrogen) atoms. The van der Waals surface area contributed by atoms with Crippen molar-refractivity contribution in [2.75, 3.05) is 0 Å². The summed E-state index contributed by atoms with van der Waals surface area (Å²) in [6, 6.07) is 8.29. The lowest BCUT2D eigenvalue weighted by molar-refractivity contribution is -0.122. The van der Waals surface area contributed by atoms with E-state index in [0.717, 1.165) is 19.3 Å². The van der Waals surface area contributed by atoms with Crippen LogP contribution in [0.5, 0.6) is 0 Å². The molecule has 1 aromatic carbocycles. The van der Waals surface area contributed by atoms with Gasteiger partial charge in [0, 0.05) is 0 Å². The van der Waals surface area contributed by atoms with Gasteiger partial charge in [0.05, 0.1) is 12.5 Å². The molecule has 0 atom stereocenters. The standard InChI is InChI=1S/C17H21FN2O/c1-2-13-6-8-17(12-19,9-7-13)20-16(21)11-14-4-3-5-15(18)10-14/h3-5,10,13H,2,6-9,11H2,1H3,(H,20,21). The molecule has 1 aliphatic rings. The third-order valence-corrected chi connectivity index (χ3v) is 4.38. The topological polar surface area (TPSA) is 52.9 Å². The Labute approximate surface area is 125 Å². The summed E-state index contributed by atoms with van der Waals surface area (Å²) in [5.74, 6) is 0.0995. The molecule has 2 rings (SSSR count). The Morgan fingerprint density at radius 2 is 2.19 bits per heavy atom. The highest BCUT2D eigenvalue weighted by molar-refractivity contribution is 5.79. The van der Waals surface area contributed by atoms with Crippen LogP contribution in [0.15, 0.2) is 24.3 Å². The van der Waals surface area contributed by atoms with E-state index in [1.807, 2.05) is 0 Å². The van der Waals surface area contributed by atoms with Crippen LogP contribution in [-0.2, 0) is 11.2 Å². The molecule has 4 heteroatoms. The number of amides is 1. The maximum atomic E-state index is 13.1. The summed E-state index contributed by atoms with van der Waals surface area (Å²) < 4.78 is 13.1. The summed E-state index contributed by atoms with van der Waals surface area (Å²) in [4.78, 5) is 12.1. The molecular formula is C17H21FN2O. The molecular weight excluding hydrogens is 267 g/mol. The van der Waals surface area contributed by atoms with Crippen molar-refractivity contribution in [2.45, 2.75) is 51.0 Å². The molecule has 3 nitrogen and oxygen atoms in total. The Balaban J connectivity index is 1.96. The van der Waals surface area contributed by atoms with Crippen LogP contribution in [0.3, 0.4) is 0 Å². The van der Waals surface area contributed by atoms with Gasteiger partial charge in [0.1, 0.15) is 11.4 Å². The number of halogens is 1. The Kier molecular flexibility index (Phi) is 4.95. The number of benzene rings is 1. The molecule has 1 N–H and O–H groups in total. The van der Waals surface area contributed by atoms with Crippen LogP contribution in [0.2, 0.25) is 0 Å². The smallest absolute Gasteiger partial charge is 0.225 e. The molecule has 0 saturated heterocycles. The molecule has 0 radical (unpaired) electrons. The fourth-order valence-electron chi connectivity index (χ4n) is 2.99. The molecule has 1 saturated carbocycles. The largest absolute Gasteiger partial charge is 0.338 e.